The van der Waals surface area contributed by atoms with Crippen molar-refractivity contribution in [1.29, 1.82) is 0 Å². The van der Waals surface area contributed by atoms with Crippen LogP contribution in [0.15, 0.2) is 40.3 Å². The Morgan fingerprint density at radius 3 is 2.71 bits per heavy atom. The first-order valence-electron chi connectivity index (χ1n) is 8.35. The zero-order valence-electron chi connectivity index (χ0n) is 14.3. The molecule has 1 heterocycles. The highest BCUT2D eigenvalue weighted by Crippen LogP contribution is 2.45. The summed E-state index contributed by atoms with van der Waals surface area (Å²) in [4.78, 5) is 26.1. The molecule has 1 aromatic carbocycles. The molecule has 4 nitrogen and oxygen atoms in total. The Bertz CT molecular complexity index is 702. The second kappa shape index (κ2) is 6.63. The summed E-state index contributed by atoms with van der Waals surface area (Å²) in [7, 11) is 0. The number of benzene rings is 1. The molecular formula is C19H23NO3S. The predicted molar refractivity (Wildman–Crippen MR) is 96.0 cm³/mol. The average Bonchev–Trinajstić information content (AvgIpc) is 2.81. The summed E-state index contributed by atoms with van der Waals surface area (Å²) in [6.07, 6.45) is 5.39. The van der Waals surface area contributed by atoms with Crippen LogP contribution >= 0.6 is 11.8 Å². The number of nitrogens with one attached hydrogen (secondary N) is 1. The lowest BCUT2D eigenvalue weighted by Gasteiger charge is -2.36. The van der Waals surface area contributed by atoms with Crippen molar-refractivity contribution in [1.82, 2.24) is 0 Å². The van der Waals surface area contributed by atoms with E-state index in [-0.39, 0.29) is 11.9 Å². The van der Waals surface area contributed by atoms with Crippen LogP contribution in [0, 0.1) is 5.92 Å². The minimum absolute atomic E-state index is 0.217. The molecule has 1 aliphatic heterocycles. The van der Waals surface area contributed by atoms with Crippen molar-refractivity contribution in [2.75, 3.05) is 11.6 Å². The van der Waals surface area contributed by atoms with Gasteiger partial charge in [-0.3, -0.25) is 4.79 Å². The van der Waals surface area contributed by atoms with Crippen molar-refractivity contribution >= 4 is 29.3 Å². The molecule has 24 heavy (non-hydrogen) atoms. The number of amides is 1. The van der Waals surface area contributed by atoms with E-state index >= 15 is 0 Å². The third-order valence-electron chi connectivity index (χ3n) is 5.06. The summed E-state index contributed by atoms with van der Waals surface area (Å²) in [5.74, 6) is 0.0385. The van der Waals surface area contributed by atoms with E-state index in [9.17, 15) is 9.59 Å². The highest BCUT2D eigenvalue weighted by atomic mass is 32.2. The molecule has 0 aromatic heterocycles. The van der Waals surface area contributed by atoms with Crippen molar-refractivity contribution < 1.29 is 14.3 Å². The average molecular weight is 345 g/mol. The SMILES string of the molecule is CSc1cccc(NC(=O)C2=C(C)C(=O)OC23CCC(C)CC3)c1. The van der Waals surface area contributed by atoms with Crippen LogP contribution in [0.5, 0.6) is 0 Å². The third kappa shape index (κ3) is 3.09. The van der Waals surface area contributed by atoms with E-state index in [0.29, 0.717) is 17.1 Å². The quantitative estimate of drug-likeness (QED) is 0.660. The van der Waals surface area contributed by atoms with Gasteiger partial charge in [-0.25, -0.2) is 4.79 Å². The van der Waals surface area contributed by atoms with E-state index in [1.165, 1.54) is 0 Å². The molecule has 128 valence electrons. The maximum absolute atomic E-state index is 12.9. The zero-order valence-corrected chi connectivity index (χ0v) is 15.2. The smallest absolute Gasteiger partial charge is 0.335 e. The van der Waals surface area contributed by atoms with Gasteiger partial charge < -0.3 is 10.1 Å². The lowest BCUT2D eigenvalue weighted by molar-refractivity contribution is -0.150. The molecule has 1 N–H and O–H groups in total. The van der Waals surface area contributed by atoms with E-state index in [1.807, 2.05) is 30.5 Å². The van der Waals surface area contributed by atoms with Crippen molar-refractivity contribution in [2.24, 2.45) is 5.92 Å². The topological polar surface area (TPSA) is 55.4 Å². The monoisotopic (exact) mass is 345 g/mol. The molecule has 0 unspecified atom stereocenters. The predicted octanol–water partition coefficient (Wildman–Crippen LogP) is 4.17. The fourth-order valence-electron chi connectivity index (χ4n) is 3.60. The third-order valence-corrected chi connectivity index (χ3v) is 5.79. The number of esters is 1. The van der Waals surface area contributed by atoms with Crippen molar-refractivity contribution in [3.63, 3.8) is 0 Å². The number of anilines is 1. The number of ether oxygens (including phenoxy) is 1. The van der Waals surface area contributed by atoms with E-state index in [0.717, 1.165) is 36.3 Å². The summed E-state index contributed by atoms with van der Waals surface area (Å²) in [6.45, 7) is 3.90. The van der Waals surface area contributed by atoms with Gasteiger partial charge in [0.1, 0.15) is 5.60 Å². The van der Waals surface area contributed by atoms with Gasteiger partial charge in [-0.2, -0.15) is 0 Å². The molecule has 1 saturated carbocycles. The van der Waals surface area contributed by atoms with Gasteiger partial charge in [0.2, 0.25) is 0 Å². The van der Waals surface area contributed by atoms with Crippen LogP contribution in [0.1, 0.15) is 39.5 Å². The largest absolute Gasteiger partial charge is 0.451 e. The molecule has 0 radical (unpaired) electrons. The molecule has 1 aromatic rings. The molecule has 0 bridgehead atoms. The number of carbonyl (C=O) groups is 2. The number of hydrogen-bond donors (Lipinski definition) is 1. The van der Waals surface area contributed by atoms with Crippen LogP contribution in [0.4, 0.5) is 5.69 Å². The van der Waals surface area contributed by atoms with E-state index in [2.05, 4.69) is 12.2 Å². The molecule has 1 fully saturated rings. The van der Waals surface area contributed by atoms with Crippen molar-refractivity contribution in [3.8, 4) is 0 Å². The van der Waals surface area contributed by atoms with Crippen molar-refractivity contribution in [3.05, 3.63) is 35.4 Å². The molecule has 0 saturated heterocycles. The first-order valence-corrected chi connectivity index (χ1v) is 9.58. The Morgan fingerprint density at radius 1 is 1.33 bits per heavy atom. The van der Waals surface area contributed by atoms with Crippen LogP contribution in [-0.4, -0.2) is 23.7 Å². The van der Waals surface area contributed by atoms with Crippen molar-refractivity contribution in [2.45, 2.75) is 50.0 Å². The van der Waals surface area contributed by atoms with Gasteiger partial charge in [-0.05, 0) is 63.0 Å². The van der Waals surface area contributed by atoms with Crippen LogP contribution in [0.2, 0.25) is 0 Å². The van der Waals surface area contributed by atoms with E-state index in [1.54, 1.807) is 18.7 Å². The zero-order chi connectivity index (χ0) is 17.3. The Balaban J connectivity index is 1.87. The molecule has 1 spiro atoms. The van der Waals surface area contributed by atoms with Gasteiger partial charge >= 0.3 is 5.97 Å². The fourth-order valence-corrected chi connectivity index (χ4v) is 4.06. The highest BCUT2D eigenvalue weighted by Gasteiger charge is 2.50. The molecule has 1 amide bonds. The van der Waals surface area contributed by atoms with Crippen LogP contribution in [0.25, 0.3) is 0 Å². The second-order valence-electron chi connectivity index (χ2n) is 6.75. The van der Waals surface area contributed by atoms with Gasteiger partial charge in [0.25, 0.3) is 5.91 Å². The van der Waals surface area contributed by atoms with Gasteiger partial charge in [0.05, 0.1) is 5.57 Å². The van der Waals surface area contributed by atoms with E-state index < -0.39 is 5.60 Å². The minimum atomic E-state index is -0.727. The van der Waals surface area contributed by atoms with E-state index in [4.69, 9.17) is 4.74 Å². The lowest BCUT2D eigenvalue weighted by atomic mass is 9.75. The summed E-state index contributed by atoms with van der Waals surface area (Å²) >= 11 is 1.62. The van der Waals surface area contributed by atoms with Gasteiger partial charge in [-0.1, -0.05) is 13.0 Å². The molecule has 3 rings (SSSR count). The molecule has 0 atom stereocenters. The number of thioether (sulfide) groups is 1. The number of hydrogen-bond acceptors (Lipinski definition) is 4. The summed E-state index contributed by atoms with van der Waals surface area (Å²) in [6, 6.07) is 7.71. The Hall–Kier alpha value is -1.75. The Morgan fingerprint density at radius 2 is 2.04 bits per heavy atom. The molecule has 5 heteroatoms. The highest BCUT2D eigenvalue weighted by molar-refractivity contribution is 7.98. The van der Waals surface area contributed by atoms with Gasteiger partial charge in [0.15, 0.2) is 0 Å². The lowest BCUT2D eigenvalue weighted by Crippen LogP contribution is -2.40. The first kappa shape index (κ1) is 17.1. The number of rotatable bonds is 3. The van der Waals surface area contributed by atoms with Crippen LogP contribution < -0.4 is 5.32 Å². The standard InChI is InChI=1S/C19H23NO3S/c1-12-7-9-19(10-8-12)16(13(2)18(22)23-19)17(21)20-14-5-4-6-15(11-14)24-3/h4-6,11-12H,7-10H2,1-3H3,(H,20,21). The molecule has 1 aliphatic carbocycles. The molecular weight excluding hydrogens is 322 g/mol. The first-order chi connectivity index (χ1) is 11.4. The minimum Gasteiger partial charge on any atom is -0.451 e. The molecule has 2 aliphatic rings. The van der Waals surface area contributed by atoms with Gasteiger partial charge in [-0.15, -0.1) is 11.8 Å². The maximum atomic E-state index is 12.9. The normalized spacial score (nSPS) is 26.6. The summed E-state index contributed by atoms with van der Waals surface area (Å²) in [5.41, 5.74) is 0.984. The second-order valence-corrected chi connectivity index (χ2v) is 7.63. The van der Waals surface area contributed by atoms with Crippen LogP contribution in [0.3, 0.4) is 0 Å². The summed E-state index contributed by atoms with van der Waals surface area (Å²) < 4.78 is 5.69. The summed E-state index contributed by atoms with van der Waals surface area (Å²) in [5, 5.41) is 2.95. The fraction of sp³-hybridized carbons (Fsp3) is 0.474. The Kier molecular flexibility index (Phi) is 4.72. The van der Waals surface area contributed by atoms with Crippen LogP contribution in [-0.2, 0) is 14.3 Å². The van der Waals surface area contributed by atoms with Gasteiger partial charge in [0, 0.05) is 16.2 Å². The Labute approximate surface area is 147 Å². The maximum Gasteiger partial charge on any atom is 0.335 e. The number of carbonyl (C=O) groups excluding carboxylic acids is 2.